The Morgan fingerprint density at radius 1 is 1.06 bits per heavy atom. The third-order valence-electron chi connectivity index (χ3n) is 5.29. The van der Waals surface area contributed by atoms with Gasteiger partial charge in [-0.1, -0.05) is 61.3 Å². The molecule has 2 rings (SSSR count). The van der Waals surface area contributed by atoms with Gasteiger partial charge >= 0.3 is 0 Å². The summed E-state index contributed by atoms with van der Waals surface area (Å²) in [7, 11) is 0. The van der Waals surface area contributed by atoms with E-state index in [1.54, 1.807) is 23.1 Å². The van der Waals surface area contributed by atoms with Crippen molar-refractivity contribution in [2.45, 2.75) is 65.1 Å². The Bertz CT molecular complexity index is 877. The molecule has 0 saturated heterocycles. The van der Waals surface area contributed by atoms with Gasteiger partial charge in [0.05, 0.1) is 6.61 Å². The first-order valence-corrected chi connectivity index (χ1v) is 11.8. The first-order chi connectivity index (χ1) is 15.3. The summed E-state index contributed by atoms with van der Waals surface area (Å²) < 4.78 is 5.70. The lowest BCUT2D eigenvalue weighted by Crippen LogP contribution is -2.50. The van der Waals surface area contributed by atoms with Crippen LogP contribution in [-0.2, 0) is 16.1 Å². The fraction of sp³-hybridized carbons (Fsp3) is 0.440. The van der Waals surface area contributed by atoms with Crippen molar-refractivity contribution < 1.29 is 14.3 Å². The number of rotatable bonds is 12. The van der Waals surface area contributed by atoms with E-state index >= 15 is 0 Å². The van der Waals surface area contributed by atoms with E-state index < -0.39 is 6.04 Å². The third kappa shape index (κ3) is 8.03. The van der Waals surface area contributed by atoms with Crippen molar-refractivity contribution in [3.63, 3.8) is 0 Å². The van der Waals surface area contributed by atoms with Crippen LogP contribution in [0.3, 0.4) is 0 Å². The SMILES string of the molecule is CC[C@H](C(=O)N[C@@H](C)CC)N(Cc1ccc(Cl)cc1Cl)C(=O)CCCOc1ccccc1. The van der Waals surface area contributed by atoms with Gasteiger partial charge < -0.3 is 15.0 Å². The van der Waals surface area contributed by atoms with Crippen LogP contribution in [0.5, 0.6) is 5.75 Å². The second-order valence-corrected chi connectivity index (χ2v) is 8.61. The van der Waals surface area contributed by atoms with E-state index in [4.69, 9.17) is 27.9 Å². The van der Waals surface area contributed by atoms with Crippen LogP contribution in [0.1, 0.15) is 52.0 Å². The van der Waals surface area contributed by atoms with Gasteiger partial charge in [0, 0.05) is 29.1 Å². The number of hydrogen-bond acceptors (Lipinski definition) is 3. The van der Waals surface area contributed by atoms with Crippen molar-refractivity contribution in [2.75, 3.05) is 6.61 Å². The summed E-state index contributed by atoms with van der Waals surface area (Å²) in [6.45, 7) is 6.52. The van der Waals surface area contributed by atoms with E-state index in [-0.39, 0.29) is 30.8 Å². The summed E-state index contributed by atoms with van der Waals surface area (Å²) in [6, 6.07) is 14.1. The summed E-state index contributed by atoms with van der Waals surface area (Å²) in [5.41, 5.74) is 0.750. The third-order valence-corrected chi connectivity index (χ3v) is 5.88. The molecule has 0 heterocycles. The average Bonchev–Trinajstić information content (AvgIpc) is 2.78. The maximum atomic E-state index is 13.2. The highest BCUT2D eigenvalue weighted by Crippen LogP contribution is 2.24. The van der Waals surface area contributed by atoms with E-state index in [1.807, 2.05) is 51.1 Å². The molecule has 32 heavy (non-hydrogen) atoms. The van der Waals surface area contributed by atoms with Gasteiger partial charge in [-0.15, -0.1) is 0 Å². The van der Waals surface area contributed by atoms with Crippen LogP contribution in [0.15, 0.2) is 48.5 Å². The number of nitrogens with one attached hydrogen (secondary N) is 1. The molecular formula is C25H32Cl2N2O3. The Labute approximate surface area is 201 Å². The number of halogens is 2. The zero-order valence-corrected chi connectivity index (χ0v) is 20.5. The molecule has 0 fully saturated rings. The number of hydrogen-bond donors (Lipinski definition) is 1. The zero-order valence-electron chi connectivity index (χ0n) is 18.9. The smallest absolute Gasteiger partial charge is 0.243 e. The normalized spacial score (nSPS) is 12.7. The molecular weight excluding hydrogens is 447 g/mol. The molecule has 1 N–H and O–H groups in total. The molecule has 0 aliphatic carbocycles. The highest BCUT2D eigenvalue weighted by molar-refractivity contribution is 6.35. The summed E-state index contributed by atoms with van der Waals surface area (Å²) in [4.78, 5) is 27.8. The van der Waals surface area contributed by atoms with Gasteiger partial charge in [0.1, 0.15) is 11.8 Å². The highest BCUT2D eigenvalue weighted by atomic mass is 35.5. The number of carbonyl (C=O) groups is 2. The maximum absolute atomic E-state index is 13.2. The maximum Gasteiger partial charge on any atom is 0.243 e. The van der Waals surface area contributed by atoms with Crippen molar-refractivity contribution in [1.82, 2.24) is 10.2 Å². The van der Waals surface area contributed by atoms with Gasteiger partial charge in [-0.3, -0.25) is 9.59 Å². The van der Waals surface area contributed by atoms with Crippen molar-refractivity contribution in [1.29, 1.82) is 0 Å². The Kier molecular flexibility index (Phi) is 10.8. The molecule has 2 aromatic carbocycles. The number of nitrogens with zero attached hydrogens (tertiary/aromatic N) is 1. The van der Waals surface area contributed by atoms with E-state index in [0.717, 1.165) is 17.7 Å². The summed E-state index contributed by atoms with van der Waals surface area (Å²) in [5, 5.41) is 4.00. The molecule has 0 aliphatic heterocycles. The lowest BCUT2D eigenvalue weighted by molar-refractivity contribution is -0.141. The van der Waals surface area contributed by atoms with Crippen LogP contribution in [0, 0.1) is 0 Å². The average molecular weight is 479 g/mol. The number of ether oxygens (including phenoxy) is 1. The number of amides is 2. The quantitative estimate of drug-likeness (QED) is 0.387. The van der Waals surface area contributed by atoms with E-state index in [9.17, 15) is 9.59 Å². The van der Waals surface area contributed by atoms with Crippen LogP contribution in [0.25, 0.3) is 0 Å². The summed E-state index contributed by atoms with van der Waals surface area (Å²) in [5.74, 6) is 0.503. The fourth-order valence-electron chi connectivity index (χ4n) is 3.27. The monoisotopic (exact) mass is 478 g/mol. The lowest BCUT2D eigenvalue weighted by atomic mass is 10.1. The Hall–Kier alpha value is -2.24. The number of para-hydroxylation sites is 1. The fourth-order valence-corrected chi connectivity index (χ4v) is 3.74. The standard InChI is InChI=1S/C25H32Cl2N2O3/c1-4-18(3)28-25(31)23(5-2)29(17-19-13-14-20(26)16-22(19)27)24(30)12-9-15-32-21-10-7-6-8-11-21/h6-8,10-11,13-14,16,18,23H,4-5,9,12,15,17H2,1-3H3,(H,28,31)/t18-,23+/m0/s1. The van der Waals surface area contributed by atoms with Crippen LogP contribution >= 0.6 is 23.2 Å². The molecule has 2 amide bonds. The Balaban J connectivity index is 2.11. The zero-order chi connectivity index (χ0) is 23.5. The summed E-state index contributed by atoms with van der Waals surface area (Å²) in [6.07, 6.45) is 2.13. The van der Waals surface area contributed by atoms with Crippen molar-refractivity contribution >= 4 is 35.0 Å². The number of benzene rings is 2. The molecule has 0 aromatic heterocycles. The predicted octanol–water partition coefficient (Wildman–Crippen LogP) is 5.87. The molecule has 2 atom stereocenters. The van der Waals surface area contributed by atoms with Gasteiger partial charge in [0.2, 0.25) is 11.8 Å². The molecule has 0 saturated carbocycles. The summed E-state index contributed by atoms with van der Waals surface area (Å²) >= 11 is 12.4. The van der Waals surface area contributed by atoms with Crippen molar-refractivity contribution in [3.8, 4) is 5.75 Å². The van der Waals surface area contributed by atoms with Crippen LogP contribution in [0.4, 0.5) is 0 Å². The first kappa shape index (κ1) is 26.0. The lowest BCUT2D eigenvalue weighted by Gasteiger charge is -2.31. The topological polar surface area (TPSA) is 58.6 Å². The minimum absolute atomic E-state index is 0.0342. The Morgan fingerprint density at radius 3 is 2.41 bits per heavy atom. The molecule has 0 unspecified atom stereocenters. The molecule has 5 nitrogen and oxygen atoms in total. The van der Waals surface area contributed by atoms with Crippen molar-refractivity contribution in [3.05, 3.63) is 64.1 Å². The van der Waals surface area contributed by atoms with E-state index in [2.05, 4.69) is 5.32 Å². The highest BCUT2D eigenvalue weighted by Gasteiger charge is 2.29. The largest absolute Gasteiger partial charge is 0.494 e. The Morgan fingerprint density at radius 2 is 1.78 bits per heavy atom. The molecule has 0 radical (unpaired) electrons. The molecule has 2 aromatic rings. The van der Waals surface area contributed by atoms with Gasteiger partial charge in [-0.25, -0.2) is 0 Å². The molecule has 0 bridgehead atoms. The second kappa shape index (κ2) is 13.3. The molecule has 7 heteroatoms. The second-order valence-electron chi connectivity index (χ2n) is 7.76. The first-order valence-electron chi connectivity index (χ1n) is 11.1. The van der Waals surface area contributed by atoms with Crippen molar-refractivity contribution in [2.24, 2.45) is 0 Å². The van der Waals surface area contributed by atoms with Gasteiger partial charge in [-0.05, 0) is 56.0 Å². The van der Waals surface area contributed by atoms with Gasteiger partial charge in [0.15, 0.2) is 0 Å². The van der Waals surface area contributed by atoms with Crippen LogP contribution < -0.4 is 10.1 Å². The van der Waals surface area contributed by atoms with E-state index in [1.165, 1.54) is 0 Å². The minimum Gasteiger partial charge on any atom is -0.494 e. The number of carbonyl (C=O) groups excluding carboxylic acids is 2. The molecule has 0 spiro atoms. The van der Waals surface area contributed by atoms with Crippen LogP contribution in [0.2, 0.25) is 10.0 Å². The van der Waals surface area contributed by atoms with Gasteiger partial charge in [0.25, 0.3) is 0 Å². The minimum atomic E-state index is -0.585. The van der Waals surface area contributed by atoms with E-state index in [0.29, 0.717) is 29.5 Å². The van der Waals surface area contributed by atoms with Gasteiger partial charge in [-0.2, -0.15) is 0 Å². The molecule has 0 aliphatic rings. The van der Waals surface area contributed by atoms with Crippen LogP contribution in [-0.4, -0.2) is 35.4 Å². The molecule has 174 valence electrons. The predicted molar refractivity (Wildman–Crippen MR) is 130 cm³/mol.